The first-order valence-electron chi connectivity index (χ1n) is 4.25. The van der Waals surface area contributed by atoms with Crippen LogP contribution in [-0.2, 0) is 0 Å². The van der Waals surface area contributed by atoms with Gasteiger partial charge in [-0.05, 0) is 24.1 Å². The molecular weight excluding hydrogens is 219 g/mol. The van der Waals surface area contributed by atoms with E-state index in [1.165, 1.54) is 0 Å². The number of halogens is 2. The minimum Gasteiger partial charge on any atom is -0.298 e. The first-order chi connectivity index (χ1) is 6.77. The highest BCUT2D eigenvalue weighted by Gasteiger charge is 1.97. The number of allylic oxidation sites excluding steroid dienone is 1. The van der Waals surface area contributed by atoms with E-state index in [0.717, 1.165) is 18.3 Å². The number of carbonyl (C=O) groups excluding carboxylic acids is 1. The van der Waals surface area contributed by atoms with Crippen LogP contribution >= 0.6 is 23.2 Å². The maximum absolute atomic E-state index is 10.5. The second-order valence-electron chi connectivity index (χ2n) is 2.78. The van der Waals surface area contributed by atoms with Gasteiger partial charge in [0.05, 0.1) is 0 Å². The van der Waals surface area contributed by atoms with Crippen molar-refractivity contribution in [2.45, 2.75) is 6.42 Å². The molecule has 0 amide bonds. The number of alkyl halides is 1. The van der Waals surface area contributed by atoms with Crippen molar-refractivity contribution >= 4 is 35.6 Å². The van der Waals surface area contributed by atoms with Crippen LogP contribution in [0.1, 0.15) is 22.3 Å². The van der Waals surface area contributed by atoms with E-state index in [4.69, 9.17) is 23.2 Å². The molecule has 1 rings (SSSR count). The van der Waals surface area contributed by atoms with Crippen molar-refractivity contribution in [3.63, 3.8) is 0 Å². The maximum Gasteiger partial charge on any atom is 0.150 e. The average Bonchev–Trinajstić information content (AvgIpc) is 2.21. The Morgan fingerprint density at radius 1 is 1.36 bits per heavy atom. The number of rotatable bonds is 4. The lowest BCUT2D eigenvalue weighted by atomic mass is 10.1. The zero-order valence-corrected chi connectivity index (χ0v) is 9.05. The molecular formula is C11H10Cl2O. The summed E-state index contributed by atoms with van der Waals surface area (Å²) >= 11 is 11.5. The third-order valence-electron chi connectivity index (χ3n) is 1.73. The standard InChI is InChI=1S/C11H10Cl2O/c12-6-2-1-3-10-7-9(8-14)4-5-11(10)13/h1,3-5,7-8H,2,6H2. The smallest absolute Gasteiger partial charge is 0.150 e. The Hall–Kier alpha value is -0.790. The van der Waals surface area contributed by atoms with E-state index >= 15 is 0 Å². The highest BCUT2D eigenvalue weighted by Crippen LogP contribution is 2.18. The Bertz CT molecular complexity index is 345. The lowest BCUT2D eigenvalue weighted by Crippen LogP contribution is -1.82. The highest BCUT2D eigenvalue weighted by atomic mass is 35.5. The highest BCUT2D eigenvalue weighted by molar-refractivity contribution is 6.32. The first kappa shape index (κ1) is 11.3. The van der Waals surface area contributed by atoms with Crippen molar-refractivity contribution in [3.05, 3.63) is 40.4 Å². The molecule has 14 heavy (non-hydrogen) atoms. The Morgan fingerprint density at radius 2 is 2.14 bits per heavy atom. The lowest BCUT2D eigenvalue weighted by molar-refractivity contribution is 0.112. The molecule has 0 atom stereocenters. The Kier molecular flexibility index (Phi) is 4.71. The Morgan fingerprint density at radius 3 is 2.79 bits per heavy atom. The molecule has 0 aliphatic rings. The van der Waals surface area contributed by atoms with Crippen LogP contribution in [0.2, 0.25) is 5.02 Å². The van der Waals surface area contributed by atoms with Gasteiger partial charge >= 0.3 is 0 Å². The van der Waals surface area contributed by atoms with Crippen LogP contribution in [-0.4, -0.2) is 12.2 Å². The number of carbonyl (C=O) groups is 1. The summed E-state index contributed by atoms with van der Waals surface area (Å²) in [5.74, 6) is 0.585. The van der Waals surface area contributed by atoms with E-state index in [-0.39, 0.29) is 0 Å². The summed E-state index contributed by atoms with van der Waals surface area (Å²) < 4.78 is 0. The fourth-order valence-electron chi connectivity index (χ4n) is 1.04. The maximum atomic E-state index is 10.5. The number of hydrogen-bond acceptors (Lipinski definition) is 1. The minimum absolute atomic E-state index is 0.585. The molecule has 0 N–H and O–H groups in total. The van der Waals surface area contributed by atoms with Crippen LogP contribution in [0.5, 0.6) is 0 Å². The quantitative estimate of drug-likeness (QED) is 0.567. The molecule has 0 bridgehead atoms. The average molecular weight is 229 g/mol. The summed E-state index contributed by atoms with van der Waals surface area (Å²) in [6.45, 7) is 0. The van der Waals surface area contributed by atoms with Crippen molar-refractivity contribution < 1.29 is 4.79 Å². The molecule has 0 aliphatic heterocycles. The zero-order valence-electron chi connectivity index (χ0n) is 7.54. The fourth-order valence-corrected chi connectivity index (χ4v) is 1.34. The van der Waals surface area contributed by atoms with Crippen LogP contribution in [0.25, 0.3) is 6.08 Å². The van der Waals surface area contributed by atoms with Crippen molar-refractivity contribution in [1.82, 2.24) is 0 Å². The lowest BCUT2D eigenvalue weighted by Gasteiger charge is -1.98. The molecule has 0 aliphatic carbocycles. The monoisotopic (exact) mass is 228 g/mol. The summed E-state index contributed by atoms with van der Waals surface area (Å²) in [6.07, 6.45) is 5.40. The summed E-state index contributed by atoms with van der Waals surface area (Å²) in [5, 5.41) is 0.640. The van der Waals surface area contributed by atoms with Crippen LogP contribution in [0.3, 0.4) is 0 Å². The molecule has 0 saturated carbocycles. The van der Waals surface area contributed by atoms with Crippen molar-refractivity contribution in [3.8, 4) is 0 Å². The molecule has 1 nitrogen and oxygen atoms in total. The summed E-state index contributed by atoms with van der Waals surface area (Å²) in [7, 11) is 0. The normalized spacial score (nSPS) is 10.7. The van der Waals surface area contributed by atoms with Gasteiger partial charge < -0.3 is 0 Å². The third kappa shape index (κ3) is 3.17. The molecule has 0 aromatic heterocycles. The SMILES string of the molecule is O=Cc1ccc(Cl)c(C=CCCCl)c1. The van der Waals surface area contributed by atoms with Crippen LogP contribution in [0.15, 0.2) is 24.3 Å². The van der Waals surface area contributed by atoms with Crippen LogP contribution in [0.4, 0.5) is 0 Å². The van der Waals surface area contributed by atoms with Gasteiger partial charge in [-0.25, -0.2) is 0 Å². The summed E-state index contributed by atoms with van der Waals surface area (Å²) in [4.78, 5) is 10.5. The van der Waals surface area contributed by atoms with E-state index in [2.05, 4.69) is 0 Å². The second kappa shape index (κ2) is 5.84. The first-order valence-corrected chi connectivity index (χ1v) is 5.16. The summed E-state index contributed by atoms with van der Waals surface area (Å²) in [6, 6.07) is 5.15. The molecule has 0 saturated heterocycles. The van der Waals surface area contributed by atoms with E-state index in [9.17, 15) is 4.79 Å². The van der Waals surface area contributed by atoms with Gasteiger partial charge in [-0.2, -0.15) is 0 Å². The van der Waals surface area contributed by atoms with Gasteiger partial charge in [0.25, 0.3) is 0 Å². The van der Waals surface area contributed by atoms with E-state index in [0.29, 0.717) is 16.5 Å². The van der Waals surface area contributed by atoms with Crippen molar-refractivity contribution in [1.29, 1.82) is 0 Å². The molecule has 0 fully saturated rings. The van der Waals surface area contributed by atoms with Gasteiger partial charge in [0.2, 0.25) is 0 Å². The summed E-state index contributed by atoms with van der Waals surface area (Å²) in [5.41, 5.74) is 1.47. The van der Waals surface area contributed by atoms with Crippen molar-refractivity contribution in [2.24, 2.45) is 0 Å². The van der Waals surface area contributed by atoms with Crippen LogP contribution < -0.4 is 0 Å². The van der Waals surface area contributed by atoms with Gasteiger partial charge in [0.15, 0.2) is 0 Å². The predicted molar refractivity (Wildman–Crippen MR) is 61.2 cm³/mol. The molecule has 0 unspecified atom stereocenters. The van der Waals surface area contributed by atoms with Crippen LogP contribution in [0, 0.1) is 0 Å². The molecule has 0 heterocycles. The Labute approximate surface area is 93.3 Å². The third-order valence-corrected chi connectivity index (χ3v) is 2.29. The molecule has 1 aromatic carbocycles. The van der Waals surface area contributed by atoms with Gasteiger partial charge in [-0.15, -0.1) is 11.6 Å². The minimum atomic E-state index is 0.585. The molecule has 3 heteroatoms. The Balaban J connectivity index is 2.89. The van der Waals surface area contributed by atoms with Gasteiger partial charge in [-0.1, -0.05) is 29.8 Å². The molecule has 0 spiro atoms. The van der Waals surface area contributed by atoms with E-state index in [1.54, 1.807) is 18.2 Å². The fraction of sp³-hybridized carbons (Fsp3) is 0.182. The molecule has 74 valence electrons. The largest absolute Gasteiger partial charge is 0.298 e. The second-order valence-corrected chi connectivity index (χ2v) is 3.56. The number of benzene rings is 1. The molecule has 0 radical (unpaired) electrons. The predicted octanol–water partition coefficient (Wildman–Crippen LogP) is 3.79. The topological polar surface area (TPSA) is 17.1 Å². The van der Waals surface area contributed by atoms with E-state index in [1.807, 2.05) is 12.2 Å². The van der Waals surface area contributed by atoms with E-state index < -0.39 is 0 Å². The number of hydrogen-bond donors (Lipinski definition) is 0. The van der Waals surface area contributed by atoms with Gasteiger partial charge in [0.1, 0.15) is 6.29 Å². The zero-order chi connectivity index (χ0) is 10.4. The number of aldehydes is 1. The van der Waals surface area contributed by atoms with Gasteiger partial charge in [-0.3, -0.25) is 4.79 Å². The molecule has 1 aromatic rings. The van der Waals surface area contributed by atoms with Crippen molar-refractivity contribution in [2.75, 3.05) is 5.88 Å². The van der Waals surface area contributed by atoms with Gasteiger partial charge in [0, 0.05) is 16.5 Å².